The van der Waals surface area contributed by atoms with Crippen LogP contribution in [-0.4, -0.2) is 33.8 Å². The van der Waals surface area contributed by atoms with Crippen molar-refractivity contribution in [3.8, 4) is 5.75 Å². The number of ether oxygens (including phenoxy) is 1. The number of nitrogens with one attached hydrogen (secondary N) is 2. The number of ketones is 1. The minimum Gasteiger partial charge on any atom is -0.493 e. The van der Waals surface area contributed by atoms with Gasteiger partial charge in [0.05, 0.1) is 18.4 Å². The van der Waals surface area contributed by atoms with E-state index in [4.69, 9.17) is 4.74 Å². The topological polar surface area (TPSA) is 109 Å². The second kappa shape index (κ2) is 9.96. The Balaban J connectivity index is 1.94. The molecule has 0 saturated carbocycles. The maximum Gasteiger partial charge on any atom is 0.271 e. The van der Waals surface area contributed by atoms with Crippen molar-refractivity contribution in [3.05, 3.63) is 46.4 Å². The first kappa shape index (κ1) is 18.3. The molecule has 1 aromatic heterocycles. The molecule has 0 aliphatic carbocycles. The summed E-state index contributed by atoms with van der Waals surface area (Å²) in [6.07, 6.45) is 6.53. The van der Waals surface area contributed by atoms with Crippen LogP contribution in [0.4, 0.5) is 5.95 Å². The fourth-order valence-corrected chi connectivity index (χ4v) is 2.09. The fourth-order valence-electron chi connectivity index (χ4n) is 2.09. The van der Waals surface area contributed by atoms with Gasteiger partial charge < -0.3 is 4.74 Å². The number of Topliss-reactive ketones (excluding diaryl/α,β-unsaturated/α-hetero) is 1. The van der Waals surface area contributed by atoms with Crippen molar-refractivity contribution in [2.24, 2.45) is 5.10 Å². The average molecular weight is 343 g/mol. The molecule has 0 saturated heterocycles. The number of rotatable bonds is 10. The molecule has 0 bridgehead atoms. The van der Waals surface area contributed by atoms with Crippen molar-refractivity contribution in [2.45, 2.75) is 32.6 Å². The van der Waals surface area contributed by atoms with Crippen molar-refractivity contribution in [1.82, 2.24) is 15.2 Å². The van der Waals surface area contributed by atoms with Crippen LogP contribution < -0.4 is 15.7 Å². The number of unbranched alkanes of at least 4 members (excludes halogenated alkanes) is 3. The highest BCUT2D eigenvalue weighted by Crippen LogP contribution is 2.18. The lowest BCUT2D eigenvalue weighted by Gasteiger charge is -2.09. The number of hydrazone groups is 1. The first-order chi connectivity index (χ1) is 12.2. The molecule has 0 atom stereocenters. The quantitative estimate of drug-likeness (QED) is 0.297. The Hall–Kier alpha value is -3.03. The van der Waals surface area contributed by atoms with Gasteiger partial charge in [-0.05, 0) is 18.6 Å². The third-order valence-corrected chi connectivity index (χ3v) is 3.33. The molecular weight excluding hydrogens is 322 g/mol. The molecule has 1 aromatic carbocycles. The summed E-state index contributed by atoms with van der Waals surface area (Å²) in [5.74, 6) is 0.267. The lowest BCUT2D eigenvalue weighted by Crippen LogP contribution is -2.11. The zero-order chi connectivity index (χ0) is 17.9. The van der Waals surface area contributed by atoms with Crippen molar-refractivity contribution in [1.29, 1.82) is 0 Å². The Morgan fingerprint density at radius 2 is 2.16 bits per heavy atom. The minimum atomic E-state index is -0.416. The van der Waals surface area contributed by atoms with E-state index in [0.717, 1.165) is 31.7 Å². The second-order valence-corrected chi connectivity index (χ2v) is 5.32. The number of carbonyl (C=O) groups excluding carboxylic acids is 1. The van der Waals surface area contributed by atoms with Gasteiger partial charge in [-0.3, -0.25) is 14.6 Å². The largest absolute Gasteiger partial charge is 0.493 e. The summed E-state index contributed by atoms with van der Waals surface area (Å²) >= 11 is 0. The predicted octanol–water partition coefficient (Wildman–Crippen LogP) is 2.40. The van der Waals surface area contributed by atoms with Crippen LogP contribution in [0.15, 0.2) is 40.4 Å². The Morgan fingerprint density at radius 3 is 2.96 bits per heavy atom. The van der Waals surface area contributed by atoms with Gasteiger partial charge >= 0.3 is 0 Å². The number of hydrogen-bond donors (Lipinski definition) is 2. The normalized spacial score (nSPS) is 10.8. The highest BCUT2D eigenvalue weighted by atomic mass is 16.5. The summed E-state index contributed by atoms with van der Waals surface area (Å²) in [7, 11) is 0. The van der Waals surface area contributed by atoms with E-state index >= 15 is 0 Å². The van der Waals surface area contributed by atoms with Crippen LogP contribution in [0.1, 0.15) is 43.0 Å². The molecule has 0 radical (unpaired) electrons. The Bertz CT molecular complexity index is 773. The van der Waals surface area contributed by atoms with E-state index in [2.05, 4.69) is 32.6 Å². The highest BCUT2D eigenvalue weighted by molar-refractivity contribution is 6.36. The Kier molecular flexibility index (Phi) is 7.30. The maximum atomic E-state index is 12.3. The molecule has 1 heterocycles. The first-order valence-corrected chi connectivity index (χ1v) is 8.18. The third kappa shape index (κ3) is 6.17. The van der Waals surface area contributed by atoms with Crippen LogP contribution in [0.3, 0.4) is 0 Å². The number of anilines is 1. The van der Waals surface area contributed by atoms with E-state index in [1.165, 1.54) is 6.42 Å². The molecule has 0 aliphatic heterocycles. The van der Waals surface area contributed by atoms with E-state index in [0.29, 0.717) is 17.9 Å². The van der Waals surface area contributed by atoms with Gasteiger partial charge in [-0.15, -0.1) is 10.2 Å². The fraction of sp³-hybridized carbons (Fsp3) is 0.353. The third-order valence-electron chi connectivity index (χ3n) is 3.33. The summed E-state index contributed by atoms with van der Waals surface area (Å²) in [5, 5.41) is 10.9. The smallest absolute Gasteiger partial charge is 0.271 e. The van der Waals surface area contributed by atoms with Crippen LogP contribution in [0, 0.1) is 0 Å². The van der Waals surface area contributed by atoms with Gasteiger partial charge in [0, 0.05) is 0 Å². The number of hydrogen-bond acceptors (Lipinski definition) is 7. The molecule has 2 rings (SSSR count). The zero-order valence-electron chi connectivity index (χ0n) is 14.1. The average Bonchev–Trinajstić information content (AvgIpc) is 2.62. The molecule has 0 amide bonds. The van der Waals surface area contributed by atoms with Crippen LogP contribution in [0.5, 0.6) is 5.75 Å². The Labute approximate surface area is 145 Å². The first-order valence-electron chi connectivity index (χ1n) is 8.18. The molecule has 2 aromatic rings. The summed E-state index contributed by atoms with van der Waals surface area (Å²) in [6.45, 7) is 2.72. The molecule has 0 fully saturated rings. The van der Waals surface area contributed by atoms with E-state index < -0.39 is 5.56 Å². The van der Waals surface area contributed by atoms with Gasteiger partial charge in [0.2, 0.25) is 11.7 Å². The van der Waals surface area contributed by atoms with Crippen molar-refractivity contribution in [3.63, 3.8) is 0 Å². The molecule has 0 spiro atoms. The minimum absolute atomic E-state index is 0.0528. The lowest BCUT2D eigenvalue weighted by molar-refractivity contribution is 0.106. The zero-order valence-corrected chi connectivity index (χ0v) is 14.1. The monoisotopic (exact) mass is 343 g/mol. The molecule has 25 heavy (non-hydrogen) atoms. The molecule has 132 valence electrons. The van der Waals surface area contributed by atoms with Gasteiger partial charge in [-0.2, -0.15) is 5.10 Å². The van der Waals surface area contributed by atoms with Crippen molar-refractivity contribution >= 4 is 17.9 Å². The standard InChI is InChI=1S/C17H21N5O3/c1-2-3-4-7-10-25-15-9-6-5-8-13(15)14(23)11-18-21-17-20-16(24)12-19-22-17/h5-6,8-9,11-12H,2-4,7,10H2,1H3,(H2,20,21,22,24)/b18-11+. The van der Waals surface area contributed by atoms with Gasteiger partial charge in [0.25, 0.3) is 5.56 Å². The number of benzene rings is 1. The summed E-state index contributed by atoms with van der Waals surface area (Å²) in [5.41, 5.74) is 2.46. The number of H-pyrrole nitrogens is 1. The number of aromatic amines is 1. The van der Waals surface area contributed by atoms with Gasteiger partial charge in [0.15, 0.2) is 0 Å². The molecule has 8 nitrogen and oxygen atoms in total. The highest BCUT2D eigenvalue weighted by Gasteiger charge is 2.10. The van der Waals surface area contributed by atoms with Gasteiger partial charge in [0.1, 0.15) is 11.9 Å². The number of nitrogens with zero attached hydrogens (tertiary/aromatic N) is 3. The van der Waals surface area contributed by atoms with E-state index in [-0.39, 0.29) is 11.7 Å². The Morgan fingerprint density at radius 1 is 1.32 bits per heavy atom. The van der Waals surface area contributed by atoms with E-state index in [9.17, 15) is 9.59 Å². The second-order valence-electron chi connectivity index (χ2n) is 5.32. The summed E-state index contributed by atoms with van der Waals surface area (Å²) < 4.78 is 5.71. The van der Waals surface area contributed by atoms with E-state index in [1.807, 2.05) is 6.07 Å². The van der Waals surface area contributed by atoms with Crippen LogP contribution in [0.25, 0.3) is 0 Å². The maximum absolute atomic E-state index is 12.3. The predicted molar refractivity (Wildman–Crippen MR) is 95.2 cm³/mol. The lowest BCUT2D eigenvalue weighted by atomic mass is 10.1. The van der Waals surface area contributed by atoms with E-state index in [1.54, 1.807) is 18.2 Å². The molecule has 8 heteroatoms. The molecule has 0 aliphatic rings. The summed E-state index contributed by atoms with van der Waals surface area (Å²) in [4.78, 5) is 25.8. The molecule has 2 N–H and O–H groups in total. The van der Waals surface area contributed by atoms with Crippen molar-refractivity contribution in [2.75, 3.05) is 12.0 Å². The molecule has 0 unspecified atom stereocenters. The number of aromatic nitrogens is 3. The van der Waals surface area contributed by atoms with Gasteiger partial charge in [-0.25, -0.2) is 5.43 Å². The van der Waals surface area contributed by atoms with Crippen LogP contribution in [-0.2, 0) is 0 Å². The van der Waals surface area contributed by atoms with Crippen molar-refractivity contribution < 1.29 is 9.53 Å². The number of para-hydroxylation sites is 1. The summed E-state index contributed by atoms with van der Waals surface area (Å²) in [6, 6.07) is 7.02. The molecular formula is C17H21N5O3. The number of carbonyl (C=O) groups is 1. The van der Waals surface area contributed by atoms with Crippen LogP contribution >= 0.6 is 0 Å². The SMILES string of the molecule is CCCCCCOc1ccccc1C(=O)/C=N/Nc1nncc(=O)[nH]1. The van der Waals surface area contributed by atoms with Crippen LogP contribution in [0.2, 0.25) is 0 Å². The van der Waals surface area contributed by atoms with Gasteiger partial charge in [-0.1, -0.05) is 38.3 Å².